The van der Waals surface area contributed by atoms with Gasteiger partial charge in [0.25, 0.3) is 11.8 Å². The van der Waals surface area contributed by atoms with Gasteiger partial charge in [0.05, 0.1) is 30.5 Å². The van der Waals surface area contributed by atoms with Crippen molar-refractivity contribution in [2.45, 2.75) is 68.7 Å². The van der Waals surface area contributed by atoms with E-state index in [-0.39, 0.29) is 34.4 Å². The van der Waals surface area contributed by atoms with Crippen molar-refractivity contribution in [2.75, 3.05) is 12.3 Å². The molecule has 2 unspecified atom stereocenters. The number of amides is 2. The van der Waals surface area contributed by atoms with Crippen LogP contribution >= 0.6 is 11.3 Å². The number of aliphatic hydroxyl groups excluding tert-OH is 2. The van der Waals surface area contributed by atoms with Crippen LogP contribution in [-0.2, 0) is 53.3 Å². The molecule has 22 nitrogen and oxygen atoms in total. The number of nitrogens with one attached hydrogen (secondary N) is 1. The minimum Gasteiger partial charge on any atom is -0.504 e. The molecule has 0 saturated carbocycles. The Morgan fingerprint density at radius 2 is 1.78 bits per heavy atom. The molecule has 3 saturated heterocycles. The first-order chi connectivity index (χ1) is 23.9. The number of esters is 1. The number of hydroxylamine groups is 2. The molecule has 2 amide bonds. The number of hydrogen-bond acceptors (Lipinski definition) is 17. The molecule has 24 heteroatoms. The number of ether oxygens (including phenoxy) is 2. The highest BCUT2D eigenvalue weighted by Crippen LogP contribution is 2.41. The lowest BCUT2D eigenvalue weighted by atomic mass is 9.88. The summed E-state index contributed by atoms with van der Waals surface area (Å²) in [6, 6.07) is -3.51. The number of nitrogens with two attached hydrogens (primary N) is 1. The van der Waals surface area contributed by atoms with E-state index in [2.05, 4.69) is 15.5 Å². The van der Waals surface area contributed by atoms with Crippen LogP contribution in [0.25, 0.3) is 0 Å². The Bertz CT molecular complexity index is 1950. The molecule has 274 valence electrons. The molecule has 0 aromatic carbocycles. The van der Waals surface area contributed by atoms with Gasteiger partial charge in [-0.2, -0.15) is 13.5 Å². The highest BCUT2D eigenvalue weighted by atomic mass is 32.2. The highest BCUT2D eigenvalue weighted by molar-refractivity contribution is 7.87. The smallest absolute Gasteiger partial charge is 0.372 e. The number of aromatic nitrogens is 1. The van der Waals surface area contributed by atoms with Crippen molar-refractivity contribution >= 4 is 62.1 Å². The molecule has 1 aromatic rings. The number of allylic oxidation sites excluding steroid dienone is 1. The number of nitrogens with zero attached hydrogens (tertiary/aromatic N) is 5. The topological polar surface area (TPSA) is 310 Å². The molecule has 6 rings (SSSR count). The van der Waals surface area contributed by atoms with E-state index in [1.807, 2.05) is 0 Å². The predicted molar refractivity (Wildman–Crippen MR) is 165 cm³/mol. The molecule has 3 fully saturated rings. The van der Waals surface area contributed by atoms with Crippen molar-refractivity contribution in [3.05, 3.63) is 46.8 Å². The number of carboxylic acid groups (broad SMARTS) is 2. The van der Waals surface area contributed by atoms with Gasteiger partial charge < -0.3 is 45.8 Å². The third kappa shape index (κ3) is 5.93. The lowest BCUT2D eigenvalue weighted by Gasteiger charge is -2.37. The Balaban J connectivity index is 1.23. The van der Waals surface area contributed by atoms with Crippen molar-refractivity contribution in [3.63, 3.8) is 0 Å². The summed E-state index contributed by atoms with van der Waals surface area (Å²) in [5.41, 5.74) is -0.0333. The summed E-state index contributed by atoms with van der Waals surface area (Å²) in [6.45, 7) is 2.57. The van der Waals surface area contributed by atoms with Crippen LogP contribution in [0.1, 0.15) is 38.8 Å². The van der Waals surface area contributed by atoms with E-state index in [0.717, 1.165) is 23.6 Å². The zero-order valence-electron chi connectivity index (χ0n) is 26.4. The number of carbonyl (C=O) groups excluding carboxylic acids is 3. The second kappa shape index (κ2) is 12.4. The second-order valence-electron chi connectivity index (χ2n) is 12.0. The van der Waals surface area contributed by atoms with Gasteiger partial charge in [0, 0.05) is 30.5 Å². The van der Waals surface area contributed by atoms with Gasteiger partial charge in [0.15, 0.2) is 22.4 Å². The van der Waals surface area contributed by atoms with E-state index in [4.69, 9.17) is 24.9 Å². The second-order valence-corrected chi connectivity index (χ2v) is 14.6. The van der Waals surface area contributed by atoms with Crippen molar-refractivity contribution in [1.29, 1.82) is 0 Å². The number of rotatable bonds is 9. The van der Waals surface area contributed by atoms with Gasteiger partial charge in [-0.05, 0) is 13.8 Å². The van der Waals surface area contributed by atoms with Gasteiger partial charge in [-0.25, -0.2) is 28.0 Å². The first-order valence-corrected chi connectivity index (χ1v) is 17.1. The summed E-state index contributed by atoms with van der Waals surface area (Å²) < 4.78 is 38.1. The maximum atomic E-state index is 13.6. The zero-order chi connectivity index (χ0) is 37.2. The summed E-state index contributed by atoms with van der Waals surface area (Å²) in [5, 5.41) is 47.5. The highest BCUT2D eigenvalue weighted by Gasteiger charge is 2.65. The molecule has 5 atom stereocenters. The Labute approximate surface area is 290 Å². The van der Waals surface area contributed by atoms with Crippen molar-refractivity contribution in [3.8, 4) is 0 Å². The number of fused-ring (bicyclic) bond motifs is 1. The van der Waals surface area contributed by atoms with Crippen LogP contribution in [0.15, 0.2) is 46.2 Å². The Kier molecular flexibility index (Phi) is 8.60. The largest absolute Gasteiger partial charge is 0.504 e. The lowest BCUT2D eigenvalue weighted by molar-refractivity contribution is -0.256. The number of cyclic esters (lactones) is 1. The summed E-state index contributed by atoms with van der Waals surface area (Å²) in [6.07, 6.45) is 0.0934. The van der Waals surface area contributed by atoms with E-state index in [1.54, 1.807) is 13.8 Å². The number of carbonyl (C=O) groups is 5. The van der Waals surface area contributed by atoms with Crippen LogP contribution in [-0.4, -0.2) is 125 Å². The first-order valence-electron chi connectivity index (χ1n) is 14.9. The average Bonchev–Trinajstić information content (AvgIpc) is 3.78. The number of carboxylic acids is 2. The van der Waals surface area contributed by atoms with E-state index in [0.29, 0.717) is 14.8 Å². The predicted octanol–water partition coefficient (Wildman–Crippen LogP) is -1.23. The number of anilines is 1. The van der Waals surface area contributed by atoms with Crippen LogP contribution in [0, 0.1) is 0 Å². The number of aliphatic hydroxyl groups is 2. The van der Waals surface area contributed by atoms with Gasteiger partial charge in [-0.1, -0.05) is 5.16 Å². The Morgan fingerprint density at radius 1 is 1.10 bits per heavy atom. The number of oxime groups is 1. The summed E-state index contributed by atoms with van der Waals surface area (Å²) in [4.78, 5) is 80.0. The molecule has 1 aromatic heterocycles. The number of nitrogen functional groups attached to an aromatic ring is 1. The van der Waals surface area contributed by atoms with Crippen molar-refractivity contribution in [1.82, 2.24) is 24.0 Å². The SMILES string of the molecule is C[C@@H]1CC(O/N=C(\C(=O)N[C@H]2CON(C3(C(=O)O)CC(N4C=C5C=C(O)C(O)=CN5S4(=O)=O)C(=O)O3)C2=O)c2csc(N)n2)(C(=O)O)C[C@@H](C)O1. The maximum Gasteiger partial charge on any atom is 0.372 e. The number of aliphatic carboxylic acids is 2. The van der Waals surface area contributed by atoms with Crippen LogP contribution in [0.5, 0.6) is 0 Å². The molecule has 0 bridgehead atoms. The molecule has 0 aliphatic carbocycles. The number of thiazole rings is 1. The number of hydrogen-bond donors (Lipinski definition) is 6. The van der Waals surface area contributed by atoms with Crippen LogP contribution in [0.3, 0.4) is 0 Å². The lowest BCUT2D eigenvalue weighted by Crippen LogP contribution is -2.57. The molecular weight excluding hydrogens is 726 g/mol. The normalized spacial score (nSPS) is 31.8. The van der Waals surface area contributed by atoms with E-state index in [9.17, 15) is 52.8 Å². The van der Waals surface area contributed by atoms with E-state index < -0.39 is 106 Å². The fraction of sp³-hybridized carbons (Fsp3) is 0.444. The van der Waals surface area contributed by atoms with Crippen LogP contribution in [0.2, 0.25) is 0 Å². The summed E-state index contributed by atoms with van der Waals surface area (Å²) in [5.74, 6) is -8.54. The monoisotopic (exact) mass is 755 g/mol. The molecular formula is C27H29N7O15S2. The molecule has 0 radical (unpaired) electrons. The fourth-order valence-electron chi connectivity index (χ4n) is 6.09. The maximum absolute atomic E-state index is 13.6. The van der Waals surface area contributed by atoms with Gasteiger partial charge in [0.2, 0.25) is 5.60 Å². The molecule has 5 aliphatic rings. The molecule has 51 heavy (non-hydrogen) atoms. The molecule has 6 heterocycles. The first kappa shape index (κ1) is 35.4. The molecule has 0 spiro atoms. The van der Waals surface area contributed by atoms with Gasteiger partial charge in [0.1, 0.15) is 24.4 Å². The third-order valence-corrected chi connectivity index (χ3v) is 10.7. The fourth-order valence-corrected chi connectivity index (χ4v) is 8.17. The van der Waals surface area contributed by atoms with E-state index >= 15 is 0 Å². The van der Waals surface area contributed by atoms with Crippen molar-refractivity contribution < 1.29 is 72.0 Å². The summed E-state index contributed by atoms with van der Waals surface area (Å²) in [7, 11) is -4.66. The van der Waals surface area contributed by atoms with Gasteiger partial charge in [-0.3, -0.25) is 14.4 Å². The standard InChI is InChI=1S/C27H29N7O15S2/c1-11-4-26(23(40)41,5-12(2)47-11)49-31-19(15-10-50-25(28)30-15)20(37)29-14-9-46-34(21(14)38)27(24(42)43)6-16(22(39)48-27)33-7-13-3-17(35)18(36)8-32(13)51(33,44)45/h3,7-8,10-12,14,16,35-36H,4-6,9H2,1-2H3,(H2,28,30)(H,29,37)(H,40,41)(H,42,43)/b31-19-/t11-,12-,14+,16?,27?/m1/s1. The minimum absolute atomic E-state index is 0.00609. The summed E-state index contributed by atoms with van der Waals surface area (Å²) >= 11 is 0.914. The Hall–Kier alpha value is -5.46. The minimum atomic E-state index is -4.66. The van der Waals surface area contributed by atoms with E-state index in [1.165, 1.54) is 5.38 Å². The third-order valence-electron chi connectivity index (χ3n) is 8.35. The quantitative estimate of drug-likeness (QED) is 0.0976. The Morgan fingerprint density at radius 3 is 2.39 bits per heavy atom. The van der Waals surface area contributed by atoms with Crippen LogP contribution < -0.4 is 11.1 Å². The van der Waals surface area contributed by atoms with Gasteiger partial charge >= 0.3 is 33.8 Å². The van der Waals surface area contributed by atoms with Gasteiger partial charge in [-0.15, -0.1) is 11.3 Å². The molecule has 7 N–H and O–H groups in total. The van der Waals surface area contributed by atoms with Crippen LogP contribution in [0.4, 0.5) is 5.13 Å². The molecule has 5 aliphatic heterocycles. The average molecular weight is 756 g/mol. The zero-order valence-corrected chi connectivity index (χ0v) is 28.0. The van der Waals surface area contributed by atoms with Crippen molar-refractivity contribution in [2.24, 2.45) is 5.16 Å².